The molecule has 2 rings (SSSR count). The fourth-order valence-electron chi connectivity index (χ4n) is 2.16. The van der Waals surface area contributed by atoms with Crippen molar-refractivity contribution in [2.75, 3.05) is 14.2 Å². The average Bonchev–Trinajstić information content (AvgIpc) is 2.47. The highest BCUT2D eigenvalue weighted by atomic mass is 35.5. The normalized spacial score (nSPS) is 10.3. The van der Waals surface area contributed by atoms with Crippen molar-refractivity contribution in [3.05, 3.63) is 57.0 Å². The Kier molecular flexibility index (Phi) is 4.33. The first-order chi connectivity index (χ1) is 10.0. The van der Waals surface area contributed by atoms with Gasteiger partial charge in [0, 0.05) is 11.8 Å². The van der Waals surface area contributed by atoms with Crippen LogP contribution in [0.2, 0.25) is 5.02 Å². The molecule has 0 saturated carbocycles. The number of carbonyl (C=O) groups excluding carboxylic acids is 1. The number of para-hydroxylation sites is 2. The molecular weight excluding hydrogens is 294 g/mol. The number of aromatic nitrogens is 1. The molecular formula is C15H14ClNO4. The molecule has 0 aliphatic heterocycles. The molecule has 1 aromatic carbocycles. The van der Waals surface area contributed by atoms with Gasteiger partial charge in [0.1, 0.15) is 5.75 Å². The second-order valence-corrected chi connectivity index (χ2v) is 4.70. The Morgan fingerprint density at radius 3 is 2.52 bits per heavy atom. The highest BCUT2D eigenvalue weighted by Gasteiger charge is 2.20. The molecule has 21 heavy (non-hydrogen) atoms. The summed E-state index contributed by atoms with van der Waals surface area (Å²) in [4.78, 5) is 24.1. The van der Waals surface area contributed by atoms with E-state index in [9.17, 15) is 9.59 Å². The van der Waals surface area contributed by atoms with E-state index in [0.29, 0.717) is 17.1 Å². The van der Waals surface area contributed by atoms with Gasteiger partial charge >= 0.3 is 5.97 Å². The number of pyridine rings is 1. The average molecular weight is 308 g/mol. The summed E-state index contributed by atoms with van der Waals surface area (Å²) in [5.41, 5.74) is 0.729. The number of hydrogen-bond acceptors (Lipinski definition) is 4. The monoisotopic (exact) mass is 307 g/mol. The zero-order valence-electron chi connectivity index (χ0n) is 11.8. The van der Waals surface area contributed by atoms with E-state index in [4.69, 9.17) is 21.1 Å². The Bertz CT molecular complexity index is 752. The Morgan fingerprint density at radius 2 is 1.90 bits per heavy atom. The first kappa shape index (κ1) is 15.1. The third kappa shape index (κ3) is 2.64. The lowest BCUT2D eigenvalue weighted by Crippen LogP contribution is -2.24. The molecule has 0 amide bonds. The van der Waals surface area contributed by atoms with Crippen molar-refractivity contribution in [2.24, 2.45) is 0 Å². The Morgan fingerprint density at radius 1 is 1.24 bits per heavy atom. The predicted molar refractivity (Wildman–Crippen MR) is 79.7 cm³/mol. The van der Waals surface area contributed by atoms with E-state index >= 15 is 0 Å². The number of esters is 1. The van der Waals surface area contributed by atoms with E-state index in [1.54, 1.807) is 31.2 Å². The van der Waals surface area contributed by atoms with Crippen LogP contribution in [0.15, 0.2) is 35.1 Å². The van der Waals surface area contributed by atoms with E-state index in [0.717, 1.165) is 0 Å². The smallest absolute Gasteiger partial charge is 0.341 e. The maximum atomic E-state index is 12.3. The van der Waals surface area contributed by atoms with Crippen molar-refractivity contribution in [2.45, 2.75) is 6.92 Å². The zero-order valence-corrected chi connectivity index (χ0v) is 12.6. The summed E-state index contributed by atoms with van der Waals surface area (Å²) in [5, 5.41) is 0.0653. The predicted octanol–water partition coefficient (Wildman–Crippen LogP) is 2.59. The van der Waals surface area contributed by atoms with Gasteiger partial charge in [-0.25, -0.2) is 4.79 Å². The maximum Gasteiger partial charge on any atom is 0.341 e. The third-order valence-electron chi connectivity index (χ3n) is 3.12. The Hall–Kier alpha value is -2.27. The van der Waals surface area contributed by atoms with Crippen LogP contribution in [0.3, 0.4) is 0 Å². The molecule has 0 N–H and O–H groups in total. The molecule has 0 unspecified atom stereocenters. The fraction of sp³-hybridized carbons (Fsp3) is 0.200. The summed E-state index contributed by atoms with van der Waals surface area (Å²) in [6.07, 6.45) is 0. The number of nitrogens with zero attached hydrogens (tertiary/aromatic N) is 1. The molecule has 0 aliphatic rings. The largest absolute Gasteiger partial charge is 0.495 e. The third-order valence-corrected chi connectivity index (χ3v) is 3.42. The van der Waals surface area contributed by atoms with Gasteiger partial charge in [-0.1, -0.05) is 23.7 Å². The molecule has 1 aromatic heterocycles. The molecule has 0 radical (unpaired) electrons. The zero-order chi connectivity index (χ0) is 15.6. The molecule has 1 heterocycles. The summed E-state index contributed by atoms with van der Waals surface area (Å²) in [6.45, 7) is 1.63. The number of hydrogen-bond donors (Lipinski definition) is 0. The van der Waals surface area contributed by atoms with Crippen LogP contribution in [0.1, 0.15) is 16.1 Å². The van der Waals surface area contributed by atoms with Gasteiger partial charge in [0.25, 0.3) is 5.56 Å². The molecule has 6 heteroatoms. The van der Waals surface area contributed by atoms with Crippen molar-refractivity contribution in [3.63, 3.8) is 0 Å². The number of benzene rings is 1. The summed E-state index contributed by atoms with van der Waals surface area (Å²) >= 11 is 6.00. The highest BCUT2D eigenvalue weighted by Crippen LogP contribution is 2.25. The molecule has 0 fully saturated rings. The molecule has 0 aliphatic carbocycles. The second kappa shape index (κ2) is 6.01. The van der Waals surface area contributed by atoms with Crippen LogP contribution in [0, 0.1) is 6.92 Å². The van der Waals surface area contributed by atoms with Crippen LogP contribution in [-0.2, 0) is 4.74 Å². The number of methoxy groups -OCH3 is 2. The number of rotatable bonds is 3. The van der Waals surface area contributed by atoms with E-state index in [1.165, 1.54) is 24.9 Å². The van der Waals surface area contributed by atoms with E-state index in [-0.39, 0.29) is 16.1 Å². The lowest BCUT2D eigenvalue weighted by atomic mass is 10.1. The van der Waals surface area contributed by atoms with Crippen LogP contribution >= 0.6 is 11.6 Å². The van der Waals surface area contributed by atoms with Crippen LogP contribution in [0.4, 0.5) is 0 Å². The molecule has 0 spiro atoms. The number of ether oxygens (including phenoxy) is 2. The molecule has 2 aromatic rings. The first-order valence-corrected chi connectivity index (χ1v) is 6.53. The van der Waals surface area contributed by atoms with Gasteiger partial charge in [-0.3, -0.25) is 9.36 Å². The van der Waals surface area contributed by atoms with Gasteiger partial charge in [0.2, 0.25) is 0 Å². The van der Waals surface area contributed by atoms with Crippen LogP contribution < -0.4 is 10.3 Å². The molecule has 110 valence electrons. The van der Waals surface area contributed by atoms with Crippen LogP contribution in [0.25, 0.3) is 5.69 Å². The fourth-order valence-corrected chi connectivity index (χ4v) is 2.46. The van der Waals surface area contributed by atoms with Gasteiger partial charge in [-0.15, -0.1) is 0 Å². The lowest BCUT2D eigenvalue weighted by molar-refractivity contribution is 0.0599. The van der Waals surface area contributed by atoms with E-state index in [1.807, 2.05) is 0 Å². The van der Waals surface area contributed by atoms with Crippen molar-refractivity contribution in [1.29, 1.82) is 0 Å². The van der Waals surface area contributed by atoms with Gasteiger partial charge in [-0.2, -0.15) is 0 Å². The van der Waals surface area contributed by atoms with Gasteiger partial charge in [-0.05, 0) is 19.1 Å². The summed E-state index contributed by atoms with van der Waals surface area (Å²) in [6, 6.07) is 8.21. The standard InChI is InChI=1S/C15H14ClNO4/c1-9-14(15(19)21-3)10(16)8-13(18)17(9)11-6-4-5-7-12(11)20-2/h4-8H,1-3H3. The Balaban J connectivity index is 2.81. The van der Waals surface area contributed by atoms with Crippen LogP contribution in [0.5, 0.6) is 5.75 Å². The van der Waals surface area contributed by atoms with E-state index in [2.05, 4.69) is 0 Å². The SMILES string of the molecule is COC(=O)c1c(Cl)cc(=O)n(-c2ccccc2OC)c1C. The van der Waals surface area contributed by atoms with Crippen molar-refractivity contribution in [1.82, 2.24) is 4.57 Å². The van der Waals surface area contributed by atoms with Crippen molar-refractivity contribution >= 4 is 17.6 Å². The van der Waals surface area contributed by atoms with Crippen molar-refractivity contribution < 1.29 is 14.3 Å². The summed E-state index contributed by atoms with van der Waals surface area (Å²) in [5.74, 6) is -0.0815. The van der Waals surface area contributed by atoms with Gasteiger partial charge in [0.15, 0.2) is 0 Å². The Labute approximate surface area is 126 Å². The lowest BCUT2D eigenvalue weighted by Gasteiger charge is -2.16. The second-order valence-electron chi connectivity index (χ2n) is 4.29. The van der Waals surface area contributed by atoms with Gasteiger partial charge < -0.3 is 9.47 Å². The van der Waals surface area contributed by atoms with Crippen molar-refractivity contribution in [3.8, 4) is 11.4 Å². The quantitative estimate of drug-likeness (QED) is 0.818. The topological polar surface area (TPSA) is 57.5 Å². The minimum absolute atomic E-state index is 0.0653. The molecule has 0 atom stereocenters. The summed E-state index contributed by atoms with van der Waals surface area (Å²) in [7, 11) is 2.77. The highest BCUT2D eigenvalue weighted by molar-refractivity contribution is 6.33. The summed E-state index contributed by atoms with van der Waals surface area (Å²) < 4.78 is 11.3. The maximum absolute atomic E-state index is 12.3. The molecule has 0 bridgehead atoms. The first-order valence-electron chi connectivity index (χ1n) is 6.15. The number of carbonyl (C=O) groups is 1. The molecule has 5 nitrogen and oxygen atoms in total. The van der Waals surface area contributed by atoms with Crippen LogP contribution in [-0.4, -0.2) is 24.8 Å². The van der Waals surface area contributed by atoms with E-state index < -0.39 is 5.97 Å². The minimum atomic E-state index is -0.596. The molecule has 0 saturated heterocycles. The van der Waals surface area contributed by atoms with Gasteiger partial charge in [0.05, 0.1) is 30.5 Å². The minimum Gasteiger partial charge on any atom is -0.495 e. The number of halogens is 1.